The maximum atomic E-state index is 11.2. The molecule has 5 nitrogen and oxygen atoms in total. The SMILES string of the molecule is O=C(O)c1nc(C2CCSC2)n2c1CCCC2O. The summed E-state index contributed by atoms with van der Waals surface area (Å²) < 4.78 is 1.78. The van der Waals surface area contributed by atoms with Crippen LogP contribution in [0.25, 0.3) is 0 Å². The molecule has 2 aliphatic heterocycles. The molecule has 0 saturated carbocycles. The van der Waals surface area contributed by atoms with E-state index in [9.17, 15) is 15.0 Å². The van der Waals surface area contributed by atoms with Crippen LogP contribution in [-0.2, 0) is 6.42 Å². The molecule has 1 saturated heterocycles. The number of thioether (sulfide) groups is 1. The Balaban J connectivity index is 2.10. The standard InChI is InChI=1S/C12H16N2O3S/c15-9-3-1-2-8-10(12(16)17)13-11(14(8)9)7-4-5-18-6-7/h7,9,15H,1-6H2,(H,16,17). The summed E-state index contributed by atoms with van der Waals surface area (Å²) in [6, 6.07) is 0. The van der Waals surface area contributed by atoms with Gasteiger partial charge in [-0.3, -0.25) is 0 Å². The number of hydrogen-bond donors (Lipinski definition) is 2. The molecule has 0 amide bonds. The normalized spacial score (nSPS) is 27.2. The summed E-state index contributed by atoms with van der Waals surface area (Å²) in [5.41, 5.74) is 0.841. The predicted molar refractivity (Wildman–Crippen MR) is 68.1 cm³/mol. The average Bonchev–Trinajstić information content (AvgIpc) is 2.95. The summed E-state index contributed by atoms with van der Waals surface area (Å²) >= 11 is 1.86. The Bertz CT molecular complexity index is 480. The van der Waals surface area contributed by atoms with Gasteiger partial charge in [0, 0.05) is 11.7 Å². The highest BCUT2D eigenvalue weighted by atomic mass is 32.2. The molecule has 0 bridgehead atoms. The molecule has 2 N–H and O–H groups in total. The van der Waals surface area contributed by atoms with Crippen molar-refractivity contribution in [3.05, 3.63) is 17.2 Å². The minimum Gasteiger partial charge on any atom is -0.476 e. The van der Waals surface area contributed by atoms with Gasteiger partial charge in [0.25, 0.3) is 0 Å². The molecule has 1 aromatic rings. The molecule has 3 rings (SSSR count). The number of aromatic nitrogens is 2. The summed E-state index contributed by atoms with van der Waals surface area (Å²) in [5.74, 6) is 2.15. The van der Waals surface area contributed by atoms with E-state index in [-0.39, 0.29) is 11.6 Å². The maximum absolute atomic E-state index is 11.2. The van der Waals surface area contributed by atoms with Crippen molar-refractivity contribution in [2.45, 2.75) is 37.8 Å². The Morgan fingerprint density at radius 1 is 1.44 bits per heavy atom. The van der Waals surface area contributed by atoms with E-state index in [1.807, 2.05) is 11.8 Å². The third-order valence-electron chi connectivity index (χ3n) is 3.71. The van der Waals surface area contributed by atoms with Crippen LogP contribution in [0.1, 0.15) is 53.4 Å². The first-order valence-corrected chi connectivity index (χ1v) is 7.44. The summed E-state index contributed by atoms with van der Waals surface area (Å²) in [6.07, 6.45) is 2.63. The van der Waals surface area contributed by atoms with Crippen LogP contribution in [0.5, 0.6) is 0 Å². The van der Waals surface area contributed by atoms with Gasteiger partial charge in [-0.2, -0.15) is 11.8 Å². The zero-order valence-electron chi connectivity index (χ0n) is 10.0. The molecule has 1 aromatic heterocycles. The number of aromatic carboxylic acids is 1. The van der Waals surface area contributed by atoms with Crippen molar-refractivity contribution in [2.75, 3.05) is 11.5 Å². The lowest BCUT2D eigenvalue weighted by molar-refractivity contribution is 0.0674. The monoisotopic (exact) mass is 268 g/mol. The van der Waals surface area contributed by atoms with E-state index in [1.54, 1.807) is 4.57 Å². The topological polar surface area (TPSA) is 75.3 Å². The second-order valence-corrected chi connectivity index (χ2v) is 6.02. The second kappa shape index (κ2) is 4.59. The second-order valence-electron chi connectivity index (χ2n) is 4.87. The van der Waals surface area contributed by atoms with Crippen molar-refractivity contribution in [3.63, 3.8) is 0 Å². The van der Waals surface area contributed by atoms with Crippen molar-refractivity contribution in [1.82, 2.24) is 9.55 Å². The van der Waals surface area contributed by atoms with Crippen LogP contribution in [0.15, 0.2) is 0 Å². The van der Waals surface area contributed by atoms with Crippen LogP contribution < -0.4 is 0 Å². The molecule has 1 fully saturated rings. The Morgan fingerprint density at radius 2 is 2.28 bits per heavy atom. The smallest absolute Gasteiger partial charge is 0.356 e. The van der Waals surface area contributed by atoms with Crippen molar-refractivity contribution in [3.8, 4) is 0 Å². The fraction of sp³-hybridized carbons (Fsp3) is 0.667. The largest absolute Gasteiger partial charge is 0.476 e. The molecule has 0 aromatic carbocycles. The van der Waals surface area contributed by atoms with Crippen LogP contribution in [0, 0.1) is 0 Å². The number of rotatable bonds is 2. The highest BCUT2D eigenvalue weighted by Crippen LogP contribution is 2.36. The van der Waals surface area contributed by atoms with Gasteiger partial charge in [-0.1, -0.05) is 0 Å². The molecule has 6 heteroatoms. The van der Waals surface area contributed by atoms with Crippen molar-refractivity contribution in [2.24, 2.45) is 0 Å². The van der Waals surface area contributed by atoms with Crippen LogP contribution in [0.2, 0.25) is 0 Å². The molecule has 18 heavy (non-hydrogen) atoms. The lowest BCUT2D eigenvalue weighted by Gasteiger charge is -2.24. The first-order chi connectivity index (χ1) is 8.68. The number of carbonyl (C=O) groups is 1. The van der Waals surface area contributed by atoms with Gasteiger partial charge in [-0.15, -0.1) is 0 Å². The Kier molecular flexibility index (Phi) is 3.07. The number of aliphatic hydroxyl groups excluding tert-OH is 1. The zero-order valence-corrected chi connectivity index (χ0v) is 10.8. The minimum absolute atomic E-state index is 0.139. The van der Waals surface area contributed by atoms with Gasteiger partial charge in [0.1, 0.15) is 12.1 Å². The van der Waals surface area contributed by atoms with E-state index in [2.05, 4.69) is 4.98 Å². The fourth-order valence-electron chi connectivity index (χ4n) is 2.84. The third-order valence-corrected chi connectivity index (χ3v) is 4.87. The van der Waals surface area contributed by atoms with Crippen LogP contribution in [0.3, 0.4) is 0 Å². The highest BCUT2D eigenvalue weighted by Gasteiger charge is 2.32. The van der Waals surface area contributed by atoms with E-state index >= 15 is 0 Å². The van der Waals surface area contributed by atoms with Gasteiger partial charge >= 0.3 is 5.97 Å². The maximum Gasteiger partial charge on any atom is 0.356 e. The van der Waals surface area contributed by atoms with Gasteiger partial charge in [0.2, 0.25) is 0 Å². The van der Waals surface area contributed by atoms with Crippen molar-refractivity contribution >= 4 is 17.7 Å². The van der Waals surface area contributed by atoms with Gasteiger partial charge in [0.05, 0.1) is 5.69 Å². The van der Waals surface area contributed by atoms with Gasteiger partial charge < -0.3 is 14.8 Å². The lowest BCUT2D eigenvalue weighted by Crippen LogP contribution is -2.21. The number of carboxylic acids is 1. The summed E-state index contributed by atoms with van der Waals surface area (Å²) in [6.45, 7) is 0. The molecule has 0 aliphatic carbocycles. The van der Waals surface area contributed by atoms with Crippen LogP contribution >= 0.6 is 11.8 Å². The quantitative estimate of drug-likeness (QED) is 0.852. The van der Waals surface area contributed by atoms with Crippen molar-refractivity contribution < 1.29 is 15.0 Å². The lowest BCUT2D eigenvalue weighted by atomic mass is 10.1. The van der Waals surface area contributed by atoms with Gasteiger partial charge in [-0.05, 0) is 31.4 Å². The summed E-state index contributed by atoms with van der Waals surface area (Å²) in [7, 11) is 0. The molecule has 0 spiro atoms. The van der Waals surface area contributed by atoms with Crippen LogP contribution in [-0.4, -0.2) is 37.2 Å². The molecular weight excluding hydrogens is 252 g/mol. The van der Waals surface area contributed by atoms with E-state index in [0.717, 1.165) is 30.2 Å². The van der Waals surface area contributed by atoms with Crippen molar-refractivity contribution in [1.29, 1.82) is 0 Å². The number of nitrogens with zero attached hydrogens (tertiary/aromatic N) is 2. The number of imidazole rings is 1. The first-order valence-electron chi connectivity index (χ1n) is 6.28. The number of hydrogen-bond acceptors (Lipinski definition) is 4. The number of aliphatic hydroxyl groups is 1. The number of carboxylic acid groups (broad SMARTS) is 1. The van der Waals surface area contributed by atoms with E-state index in [4.69, 9.17) is 0 Å². The fourth-order valence-corrected chi connectivity index (χ4v) is 4.05. The highest BCUT2D eigenvalue weighted by molar-refractivity contribution is 7.99. The molecule has 3 heterocycles. The van der Waals surface area contributed by atoms with Gasteiger partial charge in [0.15, 0.2) is 5.69 Å². The first kappa shape index (κ1) is 12.0. The van der Waals surface area contributed by atoms with E-state index in [1.165, 1.54) is 0 Å². The van der Waals surface area contributed by atoms with Gasteiger partial charge in [-0.25, -0.2) is 9.78 Å². The molecule has 98 valence electrons. The van der Waals surface area contributed by atoms with E-state index < -0.39 is 12.2 Å². The van der Waals surface area contributed by atoms with Crippen LogP contribution in [0.4, 0.5) is 0 Å². The Hall–Kier alpha value is -1.01. The zero-order chi connectivity index (χ0) is 12.7. The average molecular weight is 268 g/mol. The third kappa shape index (κ3) is 1.83. The summed E-state index contributed by atoms with van der Waals surface area (Å²) in [5, 5.41) is 19.3. The Labute approximate surface area is 109 Å². The molecular formula is C12H16N2O3S. The molecule has 0 radical (unpaired) electrons. The predicted octanol–water partition coefficient (Wildman–Crippen LogP) is 1.63. The minimum atomic E-state index is -0.982. The number of fused-ring (bicyclic) bond motifs is 1. The van der Waals surface area contributed by atoms with E-state index in [0.29, 0.717) is 18.5 Å². The molecule has 2 atom stereocenters. The molecule has 2 aliphatic rings. The summed E-state index contributed by atoms with van der Waals surface area (Å²) in [4.78, 5) is 15.6. The molecule has 2 unspecified atom stereocenters. The Morgan fingerprint density at radius 3 is 2.94 bits per heavy atom.